The number of anilines is 1. The van der Waals surface area contributed by atoms with Gasteiger partial charge in [-0.1, -0.05) is 12.8 Å². The van der Waals surface area contributed by atoms with Crippen molar-refractivity contribution in [1.82, 2.24) is 14.5 Å². The zero-order chi connectivity index (χ0) is 16.1. The number of nitrogens with zero attached hydrogens (tertiary/aromatic N) is 3. The maximum Gasteiger partial charge on any atom is 0.293 e. The summed E-state index contributed by atoms with van der Waals surface area (Å²) in [6.45, 7) is 7.24. The van der Waals surface area contributed by atoms with Crippen molar-refractivity contribution in [2.24, 2.45) is 5.92 Å². The normalized spacial score (nSPS) is 26.1. The van der Waals surface area contributed by atoms with Crippen LogP contribution in [0.4, 0.5) is 5.82 Å². The van der Waals surface area contributed by atoms with E-state index in [2.05, 4.69) is 15.2 Å². The van der Waals surface area contributed by atoms with Crippen LogP contribution in [-0.2, 0) is 11.3 Å². The van der Waals surface area contributed by atoms with E-state index in [4.69, 9.17) is 4.74 Å². The maximum atomic E-state index is 12.3. The van der Waals surface area contributed by atoms with Crippen molar-refractivity contribution in [3.63, 3.8) is 0 Å². The molecule has 1 aromatic rings. The fraction of sp³-hybridized carbons (Fsp3) is 0.765. The Bertz CT molecular complexity index is 554. The molecule has 2 heterocycles. The number of morpholine rings is 1. The molecule has 0 aromatic carbocycles. The van der Waals surface area contributed by atoms with Gasteiger partial charge in [0, 0.05) is 44.6 Å². The second-order valence-corrected chi connectivity index (χ2v) is 6.51. The molecule has 1 N–H and O–H groups in total. The van der Waals surface area contributed by atoms with Gasteiger partial charge >= 0.3 is 0 Å². The number of nitrogens with one attached hydrogen (secondary N) is 1. The Balaban J connectivity index is 1.64. The molecule has 128 valence electrons. The number of aryl methyl sites for hydroxylation is 1. The average Bonchev–Trinajstić information content (AvgIpc) is 2.62. The second kappa shape index (κ2) is 7.93. The summed E-state index contributed by atoms with van der Waals surface area (Å²) in [6.07, 6.45) is 8.52. The Morgan fingerprint density at radius 2 is 2.09 bits per heavy atom. The molecular weight excluding hydrogens is 292 g/mol. The van der Waals surface area contributed by atoms with Gasteiger partial charge in [0.15, 0.2) is 5.82 Å². The minimum atomic E-state index is -0.0197. The number of hydrogen-bond acceptors (Lipinski definition) is 5. The van der Waals surface area contributed by atoms with Crippen molar-refractivity contribution in [2.45, 2.75) is 45.2 Å². The molecule has 23 heavy (non-hydrogen) atoms. The van der Waals surface area contributed by atoms with Crippen LogP contribution in [0, 0.1) is 5.92 Å². The molecule has 0 unspecified atom stereocenters. The van der Waals surface area contributed by atoms with Crippen LogP contribution in [0.15, 0.2) is 17.2 Å². The van der Waals surface area contributed by atoms with Gasteiger partial charge in [-0.3, -0.25) is 9.69 Å². The quantitative estimate of drug-likeness (QED) is 0.892. The first-order chi connectivity index (χ1) is 11.3. The van der Waals surface area contributed by atoms with E-state index in [9.17, 15) is 4.79 Å². The molecule has 2 aliphatic rings. The molecule has 6 heteroatoms. The van der Waals surface area contributed by atoms with Crippen molar-refractivity contribution < 1.29 is 4.74 Å². The summed E-state index contributed by atoms with van der Waals surface area (Å²) in [5.74, 6) is 1.07. The van der Waals surface area contributed by atoms with Gasteiger partial charge in [-0.25, -0.2) is 4.98 Å². The summed E-state index contributed by atoms with van der Waals surface area (Å²) in [5.41, 5.74) is -0.0197. The van der Waals surface area contributed by atoms with Gasteiger partial charge in [0.05, 0.1) is 13.2 Å². The Morgan fingerprint density at radius 1 is 1.30 bits per heavy atom. The van der Waals surface area contributed by atoms with E-state index in [0.717, 1.165) is 32.8 Å². The third kappa shape index (κ3) is 3.93. The van der Waals surface area contributed by atoms with E-state index < -0.39 is 0 Å². The number of hydrogen-bond donors (Lipinski definition) is 1. The van der Waals surface area contributed by atoms with E-state index in [-0.39, 0.29) is 5.56 Å². The van der Waals surface area contributed by atoms with Gasteiger partial charge in [-0.15, -0.1) is 0 Å². The predicted molar refractivity (Wildman–Crippen MR) is 90.8 cm³/mol. The molecule has 0 spiro atoms. The van der Waals surface area contributed by atoms with Crippen molar-refractivity contribution in [1.29, 1.82) is 0 Å². The molecule has 1 saturated carbocycles. The van der Waals surface area contributed by atoms with Crippen LogP contribution < -0.4 is 10.9 Å². The lowest BCUT2D eigenvalue weighted by Crippen LogP contribution is -2.49. The first-order valence-corrected chi connectivity index (χ1v) is 8.90. The lowest BCUT2D eigenvalue weighted by atomic mass is 9.83. The van der Waals surface area contributed by atoms with Crippen molar-refractivity contribution in [3.8, 4) is 0 Å². The smallest absolute Gasteiger partial charge is 0.293 e. The molecule has 0 radical (unpaired) electrons. The Labute approximate surface area is 137 Å². The molecule has 2 fully saturated rings. The van der Waals surface area contributed by atoms with E-state index in [0.29, 0.717) is 24.3 Å². The van der Waals surface area contributed by atoms with Gasteiger partial charge in [0.1, 0.15) is 0 Å². The highest BCUT2D eigenvalue weighted by Gasteiger charge is 2.31. The molecule has 1 aliphatic carbocycles. The lowest BCUT2D eigenvalue weighted by Gasteiger charge is -2.41. The standard InChI is InChI=1S/C17H28N4O2/c1-2-20-8-7-18-16(17(20)22)19-13-14-5-3-4-6-15(14)21-9-11-23-12-10-21/h7-8,14-15H,2-6,9-13H2,1H3,(H,18,19)/t14-,15-/m0/s1. The molecule has 6 nitrogen and oxygen atoms in total. The minimum Gasteiger partial charge on any atom is -0.379 e. The fourth-order valence-corrected chi connectivity index (χ4v) is 3.86. The zero-order valence-corrected chi connectivity index (χ0v) is 14.0. The molecule has 0 bridgehead atoms. The molecule has 1 aromatic heterocycles. The molecular formula is C17H28N4O2. The number of rotatable bonds is 5. The zero-order valence-electron chi connectivity index (χ0n) is 14.0. The Kier molecular flexibility index (Phi) is 5.67. The highest BCUT2D eigenvalue weighted by atomic mass is 16.5. The monoisotopic (exact) mass is 320 g/mol. The first kappa shape index (κ1) is 16.5. The largest absolute Gasteiger partial charge is 0.379 e. The van der Waals surface area contributed by atoms with Gasteiger partial charge in [-0.2, -0.15) is 0 Å². The van der Waals surface area contributed by atoms with Gasteiger partial charge in [-0.05, 0) is 25.7 Å². The van der Waals surface area contributed by atoms with Crippen LogP contribution >= 0.6 is 0 Å². The number of aromatic nitrogens is 2. The summed E-state index contributed by atoms with van der Waals surface area (Å²) >= 11 is 0. The predicted octanol–water partition coefficient (Wildman–Crippen LogP) is 1.57. The van der Waals surface area contributed by atoms with E-state index in [1.54, 1.807) is 17.0 Å². The van der Waals surface area contributed by atoms with Crippen LogP contribution in [-0.4, -0.2) is 53.3 Å². The Hall–Kier alpha value is -1.40. The summed E-state index contributed by atoms with van der Waals surface area (Å²) in [7, 11) is 0. The molecule has 1 saturated heterocycles. The average molecular weight is 320 g/mol. The summed E-state index contributed by atoms with van der Waals surface area (Å²) < 4.78 is 7.18. The van der Waals surface area contributed by atoms with Crippen molar-refractivity contribution in [2.75, 3.05) is 38.2 Å². The minimum absolute atomic E-state index is 0.0197. The van der Waals surface area contributed by atoms with Gasteiger partial charge in [0.2, 0.25) is 0 Å². The SMILES string of the molecule is CCn1ccnc(NC[C@@H]2CCCC[C@@H]2N2CCOCC2)c1=O. The molecule has 2 atom stereocenters. The van der Waals surface area contributed by atoms with Crippen molar-refractivity contribution >= 4 is 5.82 Å². The topological polar surface area (TPSA) is 59.4 Å². The van der Waals surface area contributed by atoms with Crippen LogP contribution in [0.5, 0.6) is 0 Å². The molecule has 3 rings (SSSR count). The van der Waals surface area contributed by atoms with Crippen LogP contribution in [0.25, 0.3) is 0 Å². The lowest BCUT2D eigenvalue weighted by molar-refractivity contribution is -0.00541. The van der Waals surface area contributed by atoms with Crippen molar-refractivity contribution in [3.05, 3.63) is 22.7 Å². The van der Waals surface area contributed by atoms with E-state index in [1.807, 2.05) is 6.92 Å². The molecule has 0 amide bonds. The van der Waals surface area contributed by atoms with Gasteiger partial charge in [0.25, 0.3) is 5.56 Å². The Morgan fingerprint density at radius 3 is 2.87 bits per heavy atom. The third-order valence-electron chi connectivity index (χ3n) is 5.17. The summed E-state index contributed by atoms with van der Waals surface area (Å²) in [5, 5.41) is 3.32. The van der Waals surface area contributed by atoms with Crippen LogP contribution in [0.2, 0.25) is 0 Å². The van der Waals surface area contributed by atoms with Crippen LogP contribution in [0.1, 0.15) is 32.6 Å². The molecule has 1 aliphatic heterocycles. The number of ether oxygens (including phenoxy) is 1. The second-order valence-electron chi connectivity index (χ2n) is 6.51. The van der Waals surface area contributed by atoms with E-state index >= 15 is 0 Å². The van der Waals surface area contributed by atoms with Gasteiger partial charge < -0.3 is 14.6 Å². The van der Waals surface area contributed by atoms with Crippen LogP contribution in [0.3, 0.4) is 0 Å². The highest BCUT2D eigenvalue weighted by molar-refractivity contribution is 5.30. The maximum absolute atomic E-state index is 12.3. The fourth-order valence-electron chi connectivity index (χ4n) is 3.86. The highest BCUT2D eigenvalue weighted by Crippen LogP contribution is 2.29. The first-order valence-electron chi connectivity index (χ1n) is 8.90. The third-order valence-corrected chi connectivity index (χ3v) is 5.17. The summed E-state index contributed by atoms with van der Waals surface area (Å²) in [6, 6.07) is 0.609. The summed E-state index contributed by atoms with van der Waals surface area (Å²) in [4.78, 5) is 19.1. The van der Waals surface area contributed by atoms with E-state index in [1.165, 1.54) is 25.7 Å².